The van der Waals surface area contributed by atoms with Crippen molar-refractivity contribution >= 4 is 24.4 Å². The largest absolute Gasteiger partial charge is 0.488 e. The normalized spacial score (nSPS) is 10.8. The number of nitrogens with zero attached hydrogens (tertiary/aromatic N) is 3. The van der Waals surface area contributed by atoms with Crippen LogP contribution in [0.1, 0.15) is 21.5 Å². The van der Waals surface area contributed by atoms with E-state index in [2.05, 4.69) is 20.0 Å². The molecule has 1 heterocycles. The van der Waals surface area contributed by atoms with Crippen LogP contribution in [0.3, 0.4) is 0 Å². The van der Waals surface area contributed by atoms with E-state index in [1.54, 1.807) is 18.3 Å². The van der Waals surface area contributed by atoms with Gasteiger partial charge < -0.3 is 9.47 Å². The molecule has 0 aliphatic carbocycles. The number of ether oxygens (including phenoxy) is 2. The molecule has 0 spiro atoms. The number of hydrogen-bond donors (Lipinski definition) is 1. The molecule has 3 rings (SSSR count). The Hall–Kier alpha value is -3.26. The van der Waals surface area contributed by atoms with E-state index in [-0.39, 0.29) is 5.97 Å². The lowest BCUT2D eigenvalue weighted by Crippen LogP contribution is -2.02. The Morgan fingerprint density at radius 3 is 2.73 bits per heavy atom. The quantitative estimate of drug-likeness (QED) is 0.410. The van der Waals surface area contributed by atoms with Gasteiger partial charge in [0, 0.05) is 5.56 Å². The Bertz CT molecular complexity index is 976. The van der Waals surface area contributed by atoms with E-state index in [1.807, 2.05) is 36.4 Å². The van der Waals surface area contributed by atoms with Crippen molar-refractivity contribution in [2.45, 2.75) is 6.61 Å². The van der Waals surface area contributed by atoms with Crippen LogP contribution in [0.4, 0.5) is 0 Å². The molecule has 0 saturated carbocycles. The fourth-order valence-electron chi connectivity index (χ4n) is 2.18. The standard InChI is InChI=1S/C18H16N4O3S/c1-24-17(23)14-8-6-13(7-9-14)11-25-16-5-3-2-4-15(16)10-20-22-12-19-21-18(22)26/h2-10,12H,11H2,1H3,(H,21,26)/b20-10+. The predicted octanol–water partition coefficient (Wildman–Crippen LogP) is 3.19. The molecular weight excluding hydrogens is 352 g/mol. The first-order chi connectivity index (χ1) is 12.7. The van der Waals surface area contributed by atoms with E-state index < -0.39 is 0 Å². The predicted molar refractivity (Wildman–Crippen MR) is 99.0 cm³/mol. The van der Waals surface area contributed by atoms with Crippen LogP contribution in [0.25, 0.3) is 0 Å². The maximum atomic E-state index is 11.5. The smallest absolute Gasteiger partial charge is 0.337 e. The van der Waals surface area contributed by atoms with Crippen LogP contribution in [0.2, 0.25) is 0 Å². The van der Waals surface area contributed by atoms with Gasteiger partial charge in [0.25, 0.3) is 0 Å². The molecule has 0 fully saturated rings. The second-order valence-corrected chi connectivity index (χ2v) is 5.65. The second kappa shape index (κ2) is 8.21. The Labute approximate surface area is 154 Å². The van der Waals surface area contributed by atoms with Crippen molar-refractivity contribution in [3.8, 4) is 5.75 Å². The average molecular weight is 368 g/mol. The first-order valence-electron chi connectivity index (χ1n) is 7.73. The molecular formula is C18H16N4O3S. The van der Waals surface area contributed by atoms with Gasteiger partial charge in [0.05, 0.1) is 18.9 Å². The summed E-state index contributed by atoms with van der Waals surface area (Å²) in [6.45, 7) is 0.359. The highest BCUT2D eigenvalue weighted by Crippen LogP contribution is 2.18. The van der Waals surface area contributed by atoms with Crippen LogP contribution in [0, 0.1) is 4.77 Å². The number of para-hydroxylation sites is 1. The van der Waals surface area contributed by atoms with Crippen LogP contribution < -0.4 is 4.74 Å². The maximum Gasteiger partial charge on any atom is 0.337 e. The van der Waals surface area contributed by atoms with Crippen molar-refractivity contribution < 1.29 is 14.3 Å². The summed E-state index contributed by atoms with van der Waals surface area (Å²) in [4.78, 5) is 11.5. The molecule has 7 nitrogen and oxygen atoms in total. The summed E-state index contributed by atoms with van der Waals surface area (Å²) < 4.78 is 12.4. The minimum absolute atomic E-state index is 0.359. The van der Waals surface area contributed by atoms with Crippen LogP contribution in [-0.4, -0.2) is 34.2 Å². The molecule has 0 radical (unpaired) electrons. The fraction of sp³-hybridized carbons (Fsp3) is 0.111. The first-order valence-corrected chi connectivity index (χ1v) is 8.13. The molecule has 1 N–H and O–H groups in total. The van der Waals surface area contributed by atoms with Crippen molar-refractivity contribution in [3.05, 3.63) is 76.3 Å². The van der Waals surface area contributed by atoms with Crippen molar-refractivity contribution in [1.82, 2.24) is 14.9 Å². The number of carbonyl (C=O) groups is 1. The lowest BCUT2D eigenvalue weighted by Gasteiger charge is -2.09. The van der Waals surface area contributed by atoms with Gasteiger partial charge >= 0.3 is 5.97 Å². The van der Waals surface area contributed by atoms with E-state index in [1.165, 1.54) is 18.1 Å². The molecule has 3 aromatic rings. The minimum atomic E-state index is -0.364. The second-order valence-electron chi connectivity index (χ2n) is 5.27. The molecule has 0 bridgehead atoms. The topological polar surface area (TPSA) is 81.5 Å². The molecule has 0 unspecified atom stereocenters. The summed E-state index contributed by atoms with van der Waals surface area (Å²) in [6, 6.07) is 14.6. The number of benzene rings is 2. The Morgan fingerprint density at radius 1 is 1.27 bits per heavy atom. The summed E-state index contributed by atoms with van der Waals surface area (Å²) >= 11 is 5.05. The number of aromatic nitrogens is 3. The monoisotopic (exact) mass is 368 g/mol. The zero-order chi connectivity index (χ0) is 18.4. The van der Waals surface area contributed by atoms with Gasteiger partial charge in [-0.05, 0) is 42.0 Å². The SMILES string of the molecule is COC(=O)c1ccc(COc2ccccc2/C=N/n2cn[nH]c2=S)cc1. The minimum Gasteiger partial charge on any atom is -0.488 e. The number of aromatic amines is 1. The zero-order valence-corrected chi connectivity index (χ0v) is 14.8. The number of nitrogens with one attached hydrogen (secondary N) is 1. The first kappa shape index (κ1) is 17.6. The molecule has 0 aliphatic rings. The van der Waals surface area contributed by atoms with Crippen LogP contribution in [0.15, 0.2) is 60.0 Å². The van der Waals surface area contributed by atoms with Gasteiger partial charge in [0.2, 0.25) is 4.77 Å². The number of methoxy groups -OCH3 is 1. The van der Waals surface area contributed by atoms with E-state index in [4.69, 9.17) is 17.0 Å². The molecule has 0 amide bonds. The molecule has 0 saturated heterocycles. The number of esters is 1. The molecule has 8 heteroatoms. The van der Waals surface area contributed by atoms with Gasteiger partial charge in [-0.3, -0.25) is 5.10 Å². The van der Waals surface area contributed by atoms with E-state index in [0.717, 1.165) is 11.1 Å². The maximum absolute atomic E-state index is 11.5. The molecule has 132 valence electrons. The lowest BCUT2D eigenvalue weighted by atomic mass is 10.1. The van der Waals surface area contributed by atoms with Crippen molar-refractivity contribution in [2.24, 2.45) is 5.10 Å². The number of rotatable bonds is 6. The van der Waals surface area contributed by atoms with Gasteiger partial charge in [-0.15, -0.1) is 0 Å². The molecule has 26 heavy (non-hydrogen) atoms. The van der Waals surface area contributed by atoms with Gasteiger partial charge in [-0.1, -0.05) is 24.3 Å². The third-order valence-electron chi connectivity index (χ3n) is 3.54. The van der Waals surface area contributed by atoms with E-state index >= 15 is 0 Å². The molecule has 2 aromatic carbocycles. The van der Waals surface area contributed by atoms with E-state index in [0.29, 0.717) is 22.7 Å². The Kier molecular flexibility index (Phi) is 5.55. The van der Waals surface area contributed by atoms with Crippen molar-refractivity contribution in [1.29, 1.82) is 0 Å². The summed E-state index contributed by atoms with van der Waals surface area (Å²) in [7, 11) is 1.36. The number of hydrogen-bond acceptors (Lipinski definition) is 6. The molecule has 0 atom stereocenters. The highest BCUT2D eigenvalue weighted by Gasteiger charge is 2.06. The third-order valence-corrected chi connectivity index (χ3v) is 3.82. The summed E-state index contributed by atoms with van der Waals surface area (Å²) in [6.07, 6.45) is 3.15. The van der Waals surface area contributed by atoms with Crippen molar-refractivity contribution in [2.75, 3.05) is 7.11 Å². The van der Waals surface area contributed by atoms with Crippen LogP contribution >= 0.6 is 12.2 Å². The number of H-pyrrole nitrogens is 1. The average Bonchev–Trinajstić information content (AvgIpc) is 3.10. The molecule has 1 aromatic heterocycles. The Morgan fingerprint density at radius 2 is 2.04 bits per heavy atom. The lowest BCUT2D eigenvalue weighted by molar-refractivity contribution is 0.0600. The Balaban J connectivity index is 1.70. The van der Waals surface area contributed by atoms with Gasteiger partial charge in [-0.25, -0.2) is 4.79 Å². The van der Waals surface area contributed by atoms with Gasteiger partial charge in [0.1, 0.15) is 18.7 Å². The fourth-order valence-corrected chi connectivity index (χ4v) is 2.33. The van der Waals surface area contributed by atoms with Crippen LogP contribution in [0.5, 0.6) is 5.75 Å². The van der Waals surface area contributed by atoms with E-state index in [9.17, 15) is 4.79 Å². The van der Waals surface area contributed by atoms with Gasteiger partial charge in [-0.2, -0.15) is 14.9 Å². The highest BCUT2D eigenvalue weighted by molar-refractivity contribution is 7.71. The zero-order valence-electron chi connectivity index (χ0n) is 14.0. The summed E-state index contributed by atoms with van der Waals surface area (Å²) in [5.74, 6) is 0.320. The molecule has 0 aliphatic heterocycles. The van der Waals surface area contributed by atoms with Crippen LogP contribution in [-0.2, 0) is 11.3 Å². The summed E-state index contributed by atoms with van der Waals surface area (Å²) in [5, 5.41) is 10.7. The van der Waals surface area contributed by atoms with Crippen molar-refractivity contribution in [3.63, 3.8) is 0 Å². The highest BCUT2D eigenvalue weighted by atomic mass is 32.1. The summed E-state index contributed by atoms with van der Waals surface area (Å²) in [5.41, 5.74) is 2.24. The number of carbonyl (C=O) groups excluding carboxylic acids is 1. The third kappa shape index (κ3) is 4.22. The van der Waals surface area contributed by atoms with Gasteiger partial charge in [0.15, 0.2) is 0 Å².